The zero-order valence-electron chi connectivity index (χ0n) is 18.6. The average molecular weight is 470 g/mol. The number of likely N-dealkylation sites (tertiary alicyclic amines) is 1. The quantitative estimate of drug-likeness (QED) is 0.266. The van der Waals surface area contributed by atoms with Crippen LogP contribution in [0.4, 0.5) is 13.2 Å². The number of nitrogens with zero attached hydrogens (tertiary/aromatic N) is 3. The standard InChI is InChI=1S/C22H30F3N5O3/c1-2-3-4-5-6-7-12-32-17-9-8-14(13-15(17)22(23,24)25)19-28-20(33-29-19)18-16(31)10-11-30(18)21(26)27/h8-9,13,16,18,31H,2-7,10-12H2,1H3,(H3,26,27)/t16-,18+/m1/s1. The molecule has 0 aliphatic carbocycles. The van der Waals surface area contributed by atoms with Crippen molar-refractivity contribution in [3.8, 4) is 17.1 Å². The maximum Gasteiger partial charge on any atom is 0.419 e. The predicted molar refractivity (Wildman–Crippen MR) is 116 cm³/mol. The van der Waals surface area contributed by atoms with E-state index in [0.29, 0.717) is 19.4 Å². The molecule has 1 aliphatic rings. The average Bonchev–Trinajstić information content (AvgIpc) is 3.39. The van der Waals surface area contributed by atoms with Gasteiger partial charge in [-0.3, -0.25) is 5.41 Å². The summed E-state index contributed by atoms with van der Waals surface area (Å²) < 4.78 is 51.7. The minimum absolute atomic E-state index is 0.0119. The molecule has 1 aliphatic heterocycles. The van der Waals surface area contributed by atoms with E-state index in [9.17, 15) is 18.3 Å². The van der Waals surface area contributed by atoms with Crippen molar-refractivity contribution < 1.29 is 27.5 Å². The van der Waals surface area contributed by atoms with Crippen LogP contribution in [-0.2, 0) is 6.18 Å². The van der Waals surface area contributed by atoms with Crippen LogP contribution in [0.15, 0.2) is 22.7 Å². The van der Waals surface area contributed by atoms with E-state index in [1.165, 1.54) is 17.0 Å². The van der Waals surface area contributed by atoms with Gasteiger partial charge in [0, 0.05) is 12.1 Å². The van der Waals surface area contributed by atoms with Crippen molar-refractivity contribution >= 4 is 5.96 Å². The number of nitrogens with one attached hydrogen (secondary N) is 1. The molecule has 0 bridgehead atoms. The number of nitrogens with two attached hydrogens (primary N) is 1. The van der Waals surface area contributed by atoms with E-state index in [1.54, 1.807) is 0 Å². The van der Waals surface area contributed by atoms with Crippen LogP contribution in [0.3, 0.4) is 0 Å². The topological polar surface area (TPSA) is 121 Å². The molecule has 8 nitrogen and oxygen atoms in total. The highest BCUT2D eigenvalue weighted by Gasteiger charge is 2.39. The normalized spacial score (nSPS) is 18.6. The second-order valence-corrected chi connectivity index (χ2v) is 8.16. The lowest BCUT2D eigenvalue weighted by atomic mass is 10.1. The third-order valence-corrected chi connectivity index (χ3v) is 5.67. The van der Waals surface area contributed by atoms with Crippen molar-refractivity contribution in [2.24, 2.45) is 5.73 Å². The van der Waals surface area contributed by atoms with Gasteiger partial charge < -0.3 is 25.0 Å². The summed E-state index contributed by atoms with van der Waals surface area (Å²) in [5.74, 6) is -0.567. The maximum atomic E-state index is 13.7. The van der Waals surface area contributed by atoms with Gasteiger partial charge in [-0.05, 0) is 31.0 Å². The Bertz CT molecular complexity index is 934. The van der Waals surface area contributed by atoms with Crippen LogP contribution in [-0.4, -0.2) is 45.4 Å². The highest BCUT2D eigenvalue weighted by Crippen LogP contribution is 2.39. The van der Waals surface area contributed by atoms with Gasteiger partial charge in [-0.2, -0.15) is 18.2 Å². The van der Waals surface area contributed by atoms with Gasteiger partial charge in [0.1, 0.15) is 11.8 Å². The second kappa shape index (κ2) is 10.9. The molecule has 0 unspecified atom stereocenters. The molecule has 0 amide bonds. The van der Waals surface area contributed by atoms with E-state index >= 15 is 0 Å². The molecule has 1 aromatic heterocycles. The number of aliphatic hydroxyl groups excluding tert-OH is 1. The smallest absolute Gasteiger partial charge is 0.419 e. The summed E-state index contributed by atoms with van der Waals surface area (Å²) in [6.07, 6.45) is 0.901. The number of alkyl halides is 3. The van der Waals surface area contributed by atoms with Gasteiger partial charge in [0.25, 0.3) is 5.89 Å². The largest absolute Gasteiger partial charge is 0.493 e. The summed E-state index contributed by atoms with van der Waals surface area (Å²) in [5, 5.41) is 21.6. The Morgan fingerprint density at radius 1 is 1.27 bits per heavy atom. The van der Waals surface area contributed by atoms with Crippen molar-refractivity contribution in [1.82, 2.24) is 15.0 Å². The first-order valence-electron chi connectivity index (χ1n) is 11.2. The summed E-state index contributed by atoms with van der Waals surface area (Å²) in [6, 6.07) is 2.82. The highest BCUT2D eigenvalue weighted by molar-refractivity contribution is 5.75. The fourth-order valence-electron chi connectivity index (χ4n) is 3.90. The fraction of sp³-hybridized carbons (Fsp3) is 0.591. The Kier molecular flexibility index (Phi) is 8.17. The van der Waals surface area contributed by atoms with Crippen LogP contribution in [0, 0.1) is 5.41 Å². The SMILES string of the molecule is CCCCCCCCOc1ccc(-c2noc([C@@H]3[C@H](O)CCN3C(=N)N)n2)cc1C(F)(F)F. The Morgan fingerprint density at radius 3 is 2.70 bits per heavy atom. The molecule has 0 saturated carbocycles. The molecular formula is C22H30F3N5O3. The molecular weight excluding hydrogens is 439 g/mol. The lowest BCUT2D eigenvalue weighted by molar-refractivity contribution is -0.138. The van der Waals surface area contributed by atoms with E-state index in [2.05, 4.69) is 17.1 Å². The Balaban J connectivity index is 1.73. The highest BCUT2D eigenvalue weighted by atomic mass is 19.4. The maximum absolute atomic E-state index is 13.7. The molecule has 11 heteroatoms. The molecule has 2 aromatic rings. The Hall–Kier alpha value is -2.82. The summed E-state index contributed by atoms with van der Waals surface area (Å²) in [5.41, 5.74) is 4.73. The molecule has 4 N–H and O–H groups in total. The predicted octanol–water partition coefficient (Wildman–Crippen LogP) is 4.50. The van der Waals surface area contributed by atoms with Gasteiger partial charge in [0.05, 0.1) is 18.3 Å². The minimum atomic E-state index is -4.62. The van der Waals surface area contributed by atoms with Crippen molar-refractivity contribution in [1.29, 1.82) is 5.41 Å². The van der Waals surface area contributed by atoms with Gasteiger partial charge in [-0.25, -0.2) is 0 Å². The summed E-state index contributed by atoms with van der Waals surface area (Å²) >= 11 is 0. The van der Waals surface area contributed by atoms with Crippen molar-refractivity contribution in [2.75, 3.05) is 13.2 Å². The number of aliphatic hydroxyl groups is 1. The van der Waals surface area contributed by atoms with E-state index in [1.807, 2.05) is 0 Å². The first kappa shape index (κ1) is 24.8. The van der Waals surface area contributed by atoms with Crippen molar-refractivity contribution in [2.45, 2.75) is 70.2 Å². The Morgan fingerprint density at radius 2 is 2.00 bits per heavy atom. The monoisotopic (exact) mass is 469 g/mol. The van der Waals surface area contributed by atoms with Gasteiger partial charge in [0.15, 0.2) is 5.96 Å². The third-order valence-electron chi connectivity index (χ3n) is 5.67. The van der Waals surface area contributed by atoms with Crippen molar-refractivity contribution in [3.05, 3.63) is 29.7 Å². The second-order valence-electron chi connectivity index (χ2n) is 8.16. The first-order valence-corrected chi connectivity index (χ1v) is 11.2. The van der Waals surface area contributed by atoms with Crippen LogP contribution in [0.2, 0.25) is 0 Å². The number of guanidine groups is 1. The third kappa shape index (κ3) is 6.16. The van der Waals surface area contributed by atoms with Crippen molar-refractivity contribution in [3.63, 3.8) is 0 Å². The molecule has 0 spiro atoms. The van der Waals surface area contributed by atoms with Gasteiger partial charge in [-0.15, -0.1) is 0 Å². The van der Waals surface area contributed by atoms with Crippen LogP contribution in [0.1, 0.15) is 69.4 Å². The van der Waals surface area contributed by atoms with E-state index in [0.717, 1.165) is 38.2 Å². The molecule has 2 heterocycles. The summed E-state index contributed by atoms with van der Waals surface area (Å²) in [7, 11) is 0. The number of benzene rings is 1. The van der Waals surface area contributed by atoms with Crippen LogP contribution in [0.5, 0.6) is 5.75 Å². The van der Waals surface area contributed by atoms with Gasteiger partial charge in [0.2, 0.25) is 5.82 Å². The molecule has 182 valence electrons. The molecule has 2 atom stereocenters. The van der Waals surface area contributed by atoms with Gasteiger partial charge >= 0.3 is 6.18 Å². The first-order chi connectivity index (χ1) is 15.7. The number of aromatic nitrogens is 2. The number of ether oxygens (including phenoxy) is 1. The van der Waals surface area contributed by atoms with Crippen LogP contribution in [0.25, 0.3) is 11.4 Å². The number of rotatable bonds is 10. The Labute approximate surface area is 190 Å². The molecule has 3 rings (SSSR count). The summed E-state index contributed by atoms with van der Waals surface area (Å²) in [6.45, 7) is 2.67. The number of hydrogen-bond acceptors (Lipinski definition) is 6. The lowest BCUT2D eigenvalue weighted by Crippen LogP contribution is -2.37. The van der Waals surface area contributed by atoms with E-state index in [4.69, 9.17) is 20.4 Å². The van der Waals surface area contributed by atoms with Crippen LogP contribution >= 0.6 is 0 Å². The molecule has 1 saturated heterocycles. The number of hydrogen-bond donors (Lipinski definition) is 3. The van der Waals surface area contributed by atoms with E-state index < -0.39 is 23.9 Å². The fourth-order valence-corrected chi connectivity index (χ4v) is 3.90. The van der Waals surface area contributed by atoms with E-state index in [-0.39, 0.29) is 35.6 Å². The summed E-state index contributed by atoms with van der Waals surface area (Å²) in [4.78, 5) is 5.57. The number of unbranched alkanes of at least 4 members (excludes halogenated alkanes) is 5. The molecule has 33 heavy (non-hydrogen) atoms. The van der Waals surface area contributed by atoms with Gasteiger partial charge in [-0.1, -0.05) is 44.2 Å². The van der Waals surface area contributed by atoms with Crippen LogP contribution < -0.4 is 10.5 Å². The minimum Gasteiger partial charge on any atom is -0.493 e. The zero-order valence-corrected chi connectivity index (χ0v) is 18.6. The molecule has 1 aromatic carbocycles. The number of halogens is 3. The molecule has 1 fully saturated rings. The zero-order chi connectivity index (χ0) is 24.0. The lowest BCUT2D eigenvalue weighted by Gasteiger charge is -2.22. The molecule has 0 radical (unpaired) electrons.